The fourth-order valence-electron chi connectivity index (χ4n) is 1.92. The van der Waals surface area contributed by atoms with Gasteiger partial charge in [0.25, 0.3) is 5.56 Å². The van der Waals surface area contributed by atoms with E-state index in [1.807, 2.05) is 0 Å². The average molecular weight is 266 g/mol. The first-order valence-corrected chi connectivity index (χ1v) is 5.79. The molecule has 102 valence electrons. The van der Waals surface area contributed by atoms with Crippen molar-refractivity contribution in [2.75, 3.05) is 6.61 Å². The van der Waals surface area contributed by atoms with Gasteiger partial charge in [0.1, 0.15) is 5.39 Å². The number of carbonyl (C=O) groups is 1. The van der Waals surface area contributed by atoms with Crippen LogP contribution in [0.5, 0.6) is 0 Å². The number of hydrogen-bond donors (Lipinski definition) is 0. The van der Waals surface area contributed by atoms with E-state index in [2.05, 4.69) is 0 Å². The lowest BCUT2D eigenvalue weighted by Crippen LogP contribution is -2.36. The quantitative estimate of drug-likeness (QED) is 0.726. The summed E-state index contributed by atoms with van der Waals surface area (Å²) in [5.74, 6) is -0.443. The van der Waals surface area contributed by atoms with E-state index < -0.39 is 17.2 Å². The summed E-state index contributed by atoms with van der Waals surface area (Å²) in [4.78, 5) is 35.2. The summed E-state index contributed by atoms with van der Waals surface area (Å²) in [7, 11) is 2.88. The van der Waals surface area contributed by atoms with Crippen molar-refractivity contribution in [2.45, 2.75) is 13.3 Å². The summed E-state index contributed by atoms with van der Waals surface area (Å²) in [6, 6.07) is 0. The molecular weight excluding hydrogens is 252 g/mol. The van der Waals surface area contributed by atoms with Crippen LogP contribution in [0.25, 0.3) is 11.1 Å². The molecule has 2 rings (SSSR count). The second-order valence-corrected chi connectivity index (χ2v) is 4.13. The van der Waals surface area contributed by atoms with Gasteiger partial charge in [0.05, 0.1) is 19.3 Å². The van der Waals surface area contributed by atoms with Gasteiger partial charge in [0.15, 0.2) is 0 Å². The summed E-state index contributed by atoms with van der Waals surface area (Å²) in [6.07, 6.45) is 1.25. The first-order chi connectivity index (χ1) is 8.97. The van der Waals surface area contributed by atoms with Crippen LogP contribution in [0.4, 0.5) is 0 Å². The Morgan fingerprint density at radius 1 is 1.32 bits per heavy atom. The van der Waals surface area contributed by atoms with Gasteiger partial charge in [0, 0.05) is 19.7 Å². The Bertz CT molecular complexity index is 750. The third-order valence-corrected chi connectivity index (χ3v) is 2.88. The van der Waals surface area contributed by atoms with Gasteiger partial charge in [-0.15, -0.1) is 0 Å². The Morgan fingerprint density at radius 2 is 2.00 bits per heavy atom. The molecule has 0 saturated carbocycles. The second-order valence-electron chi connectivity index (χ2n) is 4.13. The Labute approximate surface area is 108 Å². The minimum absolute atomic E-state index is 0.0612. The number of aromatic nitrogens is 2. The smallest absolute Gasteiger partial charge is 0.333 e. The first-order valence-electron chi connectivity index (χ1n) is 5.79. The van der Waals surface area contributed by atoms with Crippen LogP contribution in [-0.2, 0) is 30.0 Å². The van der Waals surface area contributed by atoms with E-state index in [1.54, 1.807) is 6.92 Å². The molecule has 2 aromatic rings. The molecule has 0 spiro atoms. The lowest BCUT2D eigenvalue weighted by Gasteiger charge is -2.03. The summed E-state index contributed by atoms with van der Waals surface area (Å²) in [5, 5.41) is 0.234. The van der Waals surface area contributed by atoms with Gasteiger partial charge in [0.2, 0.25) is 5.71 Å². The Morgan fingerprint density at radius 3 is 2.63 bits per heavy atom. The highest BCUT2D eigenvalue weighted by Gasteiger charge is 2.18. The topological polar surface area (TPSA) is 83.4 Å². The molecule has 0 aromatic carbocycles. The maximum Gasteiger partial charge on any atom is 0.333 e. The van der Waals surface area contributed by atoms with Gasteiger partial charge >= 0.3 is 11.7 Å². The molecule has 0 unspecified atom stereocenters. The Kier molecular flexibility index (Phi) is 3.28. The predicted molar refractivity (Wildman–Crippen MR) is 67.0 cm³/mol. The highest BCUT2D eigenvalue weighted by Crippen LogP contribution is 2.16. The number of rotatable bonds is 3. The highest BCUT2D eigenvalue weighted by atomic mass is 16.5. The van der Waals surface area contributed by atoms with E-state index in [4.69, 9.17) is 9.15 Å². The SMILES string of the molecule is CCOC(=O)Cc1coc2c1c(=O)n(C)c(=O)n2C. The number of nitrogens with zero attached hydrogens (tertiary/aromatic N) is 2. The molecule has 2 heterocycles. The fourth-order valence-corrected chi connectivity index (χ4v) is 1.92. The van der Waals surface area contributed by atoms with Crippen LogP contribution in [0.1, 0.15) is 12.5 Å². The van der Waals surface area contributed by atoms with E-state index in [0.29, 0.717) is 5.56 Å². The molecule has 0 atom stereocenters. The number of carbonyl (C=O) groups excluding carboxylic acids is 1. The van der Waals surface area contributed by atoms with Crippen molar-refractivity contribution in [1.29, 1.82) is 0 Å². The lowest BCUT2D eigenvalue weighted by molar-refractivity contribution is -0.142. The van der Waals surface area contributed by atoms with Crippen LogP contribution in [0.3, 0.4) is 0 Å². The van der Waals surface area contributed by atoms with Crippen molar-refractivity contribution in [3.8, 4) is 0 Å². The van der Waals surface area contributed by atoms with Crippen molar-refractivity contribution < 1.29 is 13.9 Å². The summed E-state index contributed by atoms with van der Waals surface area (Å²) in [6.45, 7) is 1.97. The highest BCUT2D eigenvalue weighted by molar-refractivity contribution is 5.83. The molecule has 0 aliphatic carbocycles. The molecule has 0 aliphatic heterocycles. The fraction of sp³-hybridized carbons (Fsp3) is 0.417. The zero-order valence-electron chi connectivity index (χ0n) is 10.9. The van der Waals surface area contributed by atoms with Crippen LogP contribution in [0.2, 0.25) is 0 Å². The van der Waals surface area contributed by atoms with Gasteiger partial charge in [-0.3, -0.25) is 18.7 Å². The maximum absolute atomic E-state index is 12.1. The molecule has 2 aromatic heterocycles. The summed E-state index contributed by atoms with van der Waals surface area (Å²) < 4.78 is 12.3. The van der Waals surface area contributed by atoms with Gasteiger partial charge in [-0.25, -0.2) is 4.79 Å². The summed E-state index contributed by atoms with van der Waals surface area (Å²) >= 11 is 0. The van der Waals surface area contributed by atoms with Gasteiger partial charge in [-0.2, -0.15) is 0 Å². The van der Waals surface area contributed by atoms with E-state index in [-0.39, 0.29) is 24.1 Å². The molecular formula is C12H14N2O5. The minimum atomic E-state index is -0.480. The molecule has 0 amide bonds. The van der Waals surface area contributed by atoms with E-state index in [0.717, 1.165) is 4.57 Å². The molecule has 7 nitrogen and oxygen atoms in total. The number of ether oxygens (including phenoxy) is 1. The normalized spacial score (nSPS) is 10.9. The van der Waals surface area contributed by atoms with E-state index >= 15 is 0 Å². The van der Waals surface area contributed by atoms with Gasteiger partial charge in [-0.1, -0.05) is 0 Å². The number of furan rings is 1. The molecule has 0 bridgehead atoms. The molecule has 0 N–H and O–H groups in total. The molecule has 19 heavy (non-hydrogen) atoms. The zero-order valence-corrected chi connectivity index (χ0v) is 10.9. The molecule has 7 heteroatoms. The van der Waals surface area contributed by atoms with Crippen molar-refractivity contribution in [3.05, 3.63) is 32.7 Å². The van der Waals surface area contributed by atoms with E-state index in [9.17, 15) is 14.4 Å². The van der Waals surface area contributed by atoms with Gasteiger partial charge < -0.3 is 9.15 Å². The van der Waals surface area contributed by atoms with Gasteiger partial charge in [-0.05, 0) is 6.92 Å². The van der Waals surface area contributed by atoms with E-state index in [1.165, 1.54) is 24.9 Å². The second kappa shape index (κ2) is 4.75. The van der Waals surface area contributed by atoms with Crippen LogP contribution < -0.4 is 11.2 Å². The molecule has 0 saturated heterocycles. The van der Waals surface area contributed by atoms with Crippen molar-refractivity contribution in [2.24, 2.45) is 14.1 Å². The third kappa shape index (κ3) is 2.07. The van der Waals surface area contributed by atoms with Crippen LogP contribution in [-0.4, -0.2) is 21.7 Å². The minimum Gasteiger partial charge on any atom is -0.466 e. The average Bonchev–Trinajstić information content (AvgIpc) is 2.78. The molecule has 0 radical (unpaired) electrons. The number of esters is 1. The Balaban J connectivity index is 2.64. The molecule has 0 aliphatic rings. The summed E-state index contributed by atoms with van der Waals surface area (Å²) in [5.41, 5.74) is -0.377. The standard InChI is InChI=1S/C12H14N2O5/c1-4-18-8(15)5-7-6-19-11-9(7)10(16)13(2)12(17)14(11)3/h6H,4-5H2,1-3H3. The largest absolute Gasteiger partial charge is 0.466 e. The lowest BCUT2D eigenvalue weighted by atomic mass is 10.2. The van der Waals surface area contributed by atoms with Crippen LogP contribution in [0, 0.1) is 0 Å². The monoisotopic (exact) mass is 266 g/mol. The zero-order chi connectivity index (χ0) is 14.2. The number of hydrogen-bond acceptors (Lipinski definition) is 5. The first kappa shape index (κ1) is 13.1. The van der Waals surface area contributed by atoms with Crippen molar-refractivity contribution >= 4 is 17.1 Å². The number of fused-ring (bicyclic) bond motifs is 1. The van der Waals surface area contributed by atoms with Crippen LogP contribution >= 0.6 is 0 Å². The third-order valence-electron chi connectivity index (χ3n) is 2.88. The predicted octanol–water partition coefficient (Wildman–Crippen LogP) is -0.0642. The molecule has 0 fully saturated rings. The van der Waals surface area contributed by atoms with Crippen molar-refractivity contribution in [3.63, 3.8) is 0 Å². The number of aryl methyl sites for hydroxylation is 1. The maximum atomic E-state index is 12.1. The van der Waals surface area contributed by atoms with Crippen LogP contribution in [0.15, 0.2) is 20.3 Å². The Hall–Kier alpha value is -2.31. The van der Waals surface area contributed by atoms with Crippen molar-refractivity contribution in [1.82, 2.24) is 9.13 Å².